The number of anilines is 1. The van der Waals surface area contributed by atoms with Gasteiger partial charge in [0.1, 0.15) is 0 Å². The summed E-state index contributed by atoms with van der Waals surface area (Å²) in [6.45, 7) is 3.84. The van der Waals surface area contributed by atoms with Crippen LogP contribution in [0, 0.1) is 6.92 Å². The van der Waals surface area contributed by atoms with Gasteiger partial charge in [-0.15, -0.1) is 0 Å². The number of nitrogens with one attached hydrogen (secondary N) is 1. The highest BCUT2D eigenvalue weighted by Gasteiger charge is 2.07. The second kappa shape index (κ2) is 5.02. The lowest BCUT2D eigenvalue weighted by atomic mass is 10.2. The first kappa shape index (κ1) is 11.8. The molecule has 1 aromatic carbocycles. The van der Waals surface area contributed by atoms with Gasteiger partial charge >= 0.3 is 0 Å². The van der Waals surface area contributed by atoms with Crippen LogP contribution in [0.1, 0.15) is 12.5 Å². The average Bonchev–Trinajstić information content (AvgIpc) is 2.22. The molecule has 1 unspecified atom stereocenters. The van der Waals surface area contributed by atoms with Crippen LogP contribution in [-0.4, -0.2) is 17.1 Å². The molecule has 0 radical (unpaired) electrons. The number of oxime groups is 1. The predicted octanol–water partition coefficient (Wildman–Crippen LogP) is 2.30. The zero-order valence-corrected chi connectivity index (χ0v) is 10.2. The fraction of sp³-hybridized carbons (Fsp3) is 0.300. The van der Waals surface area contributed by atoms with Crippen molar-refractivity contribution in [2.24, 2.45) is 10.9 Å². The second-order valence-corrected chi connectivity index (χ2v) is 4.21. The van der Waals surface area contributed by atoms with Gasteiger partial charge in [-0.1, -0.05) is 27.2 Å². The van der Waals surface area contributed by atoms with E-state index >= 15 is 0 Å². The Morgan fingerprint density at radius 1 is 1.60 bits per heavy atom. The number of aryl methyl sites for hydroxylation is 1. The smallest absolute Gasteiger partial charge is 0.161 e. The predicted molar refractivity (Wildman–Crippen MR) is 65.4 cm³/mol. The fourth-order valence-electron chi connectivity index (χ4n) is 1.09. The van der Waals surface area contributed by atoms with Gasteiger partial charge in [0.25, 0.3) is 0 Å². The molecule has 0 aromatic heterocycles. The van der Waals surface area contributed by atoms with Crippen molar-refractivity contribution < 1.29 is 5.21 Å². The van der Waals surface area contributed by atoms with Crippen molar-refractivity contribution in [2.45, 2.75) is 19.9 Å². The zero-order valence-electron chi connectivity index (χ0n) is 8.66. The molecule has 15 heavy (non-hydrogen) atoms. The highest BCUT2D eigenvalue weighted by atomic mass is 79.9. The van der Waals surface area contributed by atoms with E-state index in [0.29, 0.717) is 0 Å². The van der Waals surface area contributed by atoms with E-state index in [4.69, 9.17) is 10.9 Å². The number of rotatable bonds is 3. The molecule has 0 aliphatic heterocycles. The quantitative estimate of drug-likeness (QED) is 0.342. The first-order valence-electron chi connectivity index (χ1n) is 4.54. The van der Waals surface area contributed by atoms with Gasteiger partial charge in [-0.2, -0.15) is 0 Å². The van der Waals surface area contributed by atoms with Crippen LogP contribution in [0.25, 0.3) is 0 Å². The summed E-state index contributed by atoms with van der Waals surface area (Å²) in [5.41, 5.74) is 7.54. The number of nitrogens with zero attached hydrogens (tertiary/aromatic N) is 1. The molecule has 0 heterocycles. The summed E-state index contributed by atoms with van der Waals surface area (Å²) < 4.78 is 1.03. The average molecular weight is 272 g/mol. The normalized spacial score (nSPS) is 13.7. The van der Waals surface area contributed by atoms with Crippen LogP contribution in [0.4, 0.5) is 5.69 Å². The maximum absolute atomic E-state index is 8.50. The molecule has 0 fully saturated rings. The molecule has 5 heteroatoms. The van der Waals surface area contributed by atoms with E-state index in [1.54, 1.807) is 0 Å². The van der Waals surface area contributed by atoms with E-state index in [2.05, 4.69) is 26.4 Å². The van der Waals surface area contributed by atoms with Crippen molar-refractivity contribution in [2.75, 3.05) is 5.32 Å². The highest BCUT2D eigenvalue weighted by Crippen LogP contribution is 2.20. The Morgan fingerprint density at radius 3 is 2.80 bits per heavy atom. The van der Waals surface area contributed by atoms with Gasteiger partial charge < -0.3 is 16.3 Å². The Hall–Kier alpha value is -1.23. The summed E-state index contributed by atoms with van der Waals surface area (Å²) in [5.74, 6) is 0.159. The molecule has 4 N–H and O–H groups in total. The number of hydrogen-bond donors (Lipinski definition) is 3. The maximum atomic E-state index is 8.50. The first-order valence-corrected chi connectivity index (χ1v) is 5.34. The van der Waals surface area contributed by atoms with Crippen LogP contribution >= 0.6 is 15.9 Å². The summed E-state index contributed by atoms with van der Waals surface area (Å²) >= 11 is 3.44. The van der Waals surface area contributed by atoms with E-state index in [1.807, 2.05) is 32.0 Å². The van der Waals surface area contributed by atoms with Crippen molar-refractivity contribution in [3.05, 3.63) is 28.2 Å². The van der Waals surface area contributed by atoms with E-state index in [0.717, 1.165) is 15.7 Å². The van der Waals surface area contributed by atoms with E-state index in [-0.39, 0.29) is 11.9 Å². The molecule has 4 nitrogen and oxygen atoms in total. The number of amidine groups is 1. The van der Waals surface area contributed by atoms with Crippen molar-refractivity contribution in [1.82, 2.24) is 0 Å². The van der Waals surface area contributed by atoms with Crippen molar-refractivity contribution in [3.8, 4) is 0 Å². The molecule has 0 spiro atoms. The largest absolute Gasteiger partial charge is 0.409 e. The number of hydrogen-bond acceptors (Lipinski definition) is 3. The number of benzene rings is 1. The molecular weight excluding hydrogens is 258 g/mol. The molecule has 0 aliphatic carbocycles. The summed E-state index contributed by atoms with van der Waals surface area (Å²) in [5, 5.41) is 14.6. The Kier molecular flexibility index (Phi) is 3.96. The summed E-state index contributed by atoms with van der Waals surface area (Å²) in [4.78, 5) is 0. The highest BCUT2D eigenvalue weighted by molar-refractivity contribution is 9.10. The van der Waals surface area contributed by atoms with E-state index in [1.165, 1.54) is 0 Å². The zero-order chi connectivity index (χ0) is 11.4. The second-order valence-electron chi connectivity index (χ2n) is 3.35. The minimum atomic E-state index is -0.204. The molecule has 1 aromatic rings. The molecule has 1 atom stereocenters. The number of halogens is 1. The lowest BCUT2D eigenvalue weighted by Gasteiger charge is -2.14. The monoisotopic (exact) mass is 271 g/mol. The molecule has 0 amide bonds. The van der Waals surface area contributed by atoms with Crippen LogP contribution in [0.15, 0.2) is 27.8 Å². The van der Waals surface area contributed by atoms with Crippen molar-refractivity contribution in [1.29, 1.82) is 0 Å². The van der Waals surface area contributed by atoms with Crippen LogP contribution in [0.5, 0.6) is 0 Å². The molecule has 1 rings (SSSR count). The lowest BCUT2D eigenvalue weighted by Crippen LogP contribution is -2.32. The summed E-state index contributed by atoms with van der Waals surface area (Å²) in [7, 11) is 0. The molecular formula is C10H14BrN3O. The molecule has 0 aliphatic rings. The van der Waals surface area contributed by atoms with Gasteiger partial charge in [0.15, 0.2) is 5.84 Å². The third-order valence-corrected chi connectivity index (χ3v) is 2.97. The Morgan fingerprint density at radius 2 is 2.27 bits per heavy atom. The lowest BCUT2D eigenvalue weighted by molar-refractivity contribution is 0.316. The minimum absolute atomic E-state index is 0.159. The summed E-state index contributed by atoms with van der Waals surface area (Å²) in [6, 6.07) is 5.69. The van der Waals surface area contributed by atoms with Crippen molar-refractivity contribution in [3.63, 3.8) is 0 Å². The Balaban J connectivity index is 2.77. The van der Waals surface area contributed by atoms with Crippen LogP contribution in [0.2, 0.25) is 0 Å². The Bertz CT molecular complexity index is 379. The van der Waals surface area contributed by atoms with Gasteiger partial charge in [-0.25, -0.2) is 0 Å². The minimum Gasteiger partial charge on any atom is -0.409 e. The van der Waals surface area contributed by atoms with E-state index < -0.39 is 0 Å². The standard InChI is InChI=1S/C10H14BrN3O/c1-6-3-4-8(5-9(6)11)13-7(2)10(12)14-15/h3-5,7,13,15H,1-2H3,(H2,12,14). The molecule has 0 saturated carbocycles. The van der Waals surface area contributed by atoms with Crippen LogP contribution < -0.4 is 11.1 Å². The van der Waals surface area contributed by atoms with E-state index in [9.17, 15) is 0 Å². The van der Waals surface area contributed by atoms with Gasteiger partial charge in [0.2, 0.25) is 0 Å². The van der Waals surface area contributed by atoms with Crippen molar-refractivity contribution >= 4 is 27.5 Å². The van der Waals surface area contributed by atoms with Gasteiger partial charge in [0, 0.05) is 10.2 Å². The molecule has 0 saturated heterocycles. The maximum Gasteiger partial charge on any atom is 0.161 e. The molecule has 0 bridgehead atoms. The topological polar surface area (TPSA) is 70.6 Å². The van der Waals surface area contributed by atoms with Crippen LogP contribution in [0.3, 0.4) is 0 Å². The van der Waals surface area contributed by atoms with Gasteiger partial charge in [-0.3, -0.25) is 0 Å². The third-order valence-electron chi connectivity index (χ3n) is 2.11. The summed E-state index contributed by atoms with van der Waals surface area (Å²) in [6.07, 6.45) is 0. The Labute approximate surface area is 97.3 Å². The SMILES string of the molecule is Cc1ccc(NC(C)C(N)=NO)cc1Br. The van der Waals surface area contributed by atoms with Gasteiger partial charge in [-0.05, 0) is 31.5 Å². The molecule has 82 valence electrons. The third kappa shape index (κ3) is 3.13. The first-order chi connectivity index (χ1) is 7.04. The number of nitrogens with two attached hydrogens (primary N) is 1. The van der Waals surface area contributed by atoms with Gasteiger partial charge in [0.05, 0.1) is 6.04 Å². The van der Waals surface area contributed by atoms with Crippen LogP contribution in [-0.2, 0) is 0 Å². The fourth-order valence-corrected chi connectivity index (χ4v) is 1.47.